The number of benzene rings is 2. The van der Waals surface area contributed by atoms with Crippen molar-refractivity contribution in [2.75, 3.05) is 0 Å². The molecule has 6 heteroatoms. The summed E-state index contributed by atoms with van der Waals surface area (Å²) in [4.78, 5) is 23.1. The minimum atomic E-state index is -0.620. The fourth-order valence-electron chi connectivity index (χ4n) is 3.36. The number of nitro groups is 1. The van der Waals surface area contributed by atoms with Crippen molar-refractivity contribution in [1.29, 1.82) is 0 Å². The van der Waals surface area contributed by atoms with Crippen molar-refractivity contribution in [3.8, 4) is 0 Å². The molecule has 3 rings (SSSR count). The Balaban J connectivity index is 1.73. The Hall–Kier alpha value is -2.40. The number of halogens is 1. The lowest BCUT2D eigenvalue weighted by Crippen LogP contribution is -2.34. The van der Waals surface area contributed by atoms with E-state index < -0.39 is 10.3 Å². The molecule has 0 radical (unpaired) electrons. The molecule has 0 N–H and O–H groups in total. The summed E-state index contributed by atoms with van der Waals surface area (Å²) in [5.74, 6) is -0.245. The normalized spacial score (nSPS) is 15.7. The van der Waals surface area contributed by atoms with E-state index in [2.05, 4.69) is 0 Å². The van der Waals surface area contributed by atoms with Gasteiger partial charge in [0.1, 0.15) is 6.61 Å². The van der Waals surface area contributed by atoms with E-state index in [1.807, 2.05) is 12.1 Å². The molecule has 25 heavy (non-hydrogen) atoms. The van der Waals surface area contributed by atoms with Crippen LogP contribution < -0.4 is 0 Å². The third kappa shape index (κ3) is 3.66. The van der Waals surface area contributed by atoms with Crippen LogP contribution in [-0.4, -0.2) is 10.9 Å². The highest BCUT2D eigenvalue weighted by Crippen LogP contribution is 2.42. The second kappa shape index (κ2) is 7.23. The smallest absolute Gasteiger partial charge is 0.316 e. The summed E-state index contributed by atoms with van der Waals surface area (Å²) in [6.07, 6.45) is 3.48. The van der Waals surface area contributed by atoms with Gasteiger partial charge in [-0.3, -0.25) is 14.9 Å². The third-order valence-electron chi connectivity index (χ3n) is 4.76. The van der Waals surface area contributed by atoms with Gasteiger partial charge < -0.3 is 4.74 Å². The fourth-order valence-corrected chi connectivity index (χ4v) is 3.49. The molecule has 0 aromatic heterocycles. The van der Waals surface area contributed by atoms with Crippen molar-refractivity contribution in [2.24, 2.45) is 0 Å². The minimum absolute atomic E-state index is 0.0171. The highest BCUT2D eigenvalue weighted by atomic mass is 35.5. The van der Waals surface area contributed by atoms with E-state index in [1.165, 1.54) is 12.1 Å². The van der Waals surface area contributed by atoms with Crippen LogP contribution in [0.25, 0.3) is 0 Å². The van der Waals surface area contributed by atoms with E-state index in [1.54, 1.807) is 24.3 Å². The molecular weight excluding hydrogens is 342 g/mol. The van der Waals surface area contributed by atoms with E-state index in [4.69, 9.17) is 16.3 Å². The molecule has 0 unspecified atom stereocenters. The molecule has 5 nitrogen and oxygen atoms in total. The van der Waals surface area contributed by atoms with Gasteiger partial charge in [0.2, 0.25) is 0 Å². The van der Waals surface area contributed by atoms with Gasteiger partial charge in [-0.15, -0.1) is 0 Å². The van der Waals surface area contributed by atoms with E-state index in [0.717, 1.165) is 36.8 Å². The first-order valence-corrected chi connectivity index (χ1v) is 8.56. The van der Waals surface area contributed by atoms with Crippen molar-refractivity contribution >= 4 is 23.3 Å². The van der Waals surface area contributed by atoms with E-state index in [9.17, 15) is 14.9 Å². The first-order chi connectivity index (χ1) is 12.0. The lowest BCUT2D eigenvalue weighted by molar-refractivity contribution is -0.384. The highest BCUT2D eigenvalue weighted by Gasteiger charge is 2.44. The van der Waals surface area contributed by atoms with Crippen molar-refractivity contribution in [3.05, 3.63) is 74.8 Å². The molecule has 0 atom stereocenters. The zero-order valence-electron chi connectivity index (χ0n) is 13.6. The standard InChI is InChI=1S/C19H18ClNO4/c20-16-7-5-15(6-8-16)19(11-1-2-12-19)18(22)25-13-14-3-9-17(10-4-14)21(23)24/h3-10H,1-2,11-13H2. The van der Waals surface area contributed by atoms with Crippen LogP contribution in [-0.2, 0) is 21.6 Å². The van der Waals surface area contributed by atoms with Gasteiger partial charge in [0.25, 0.3) is 5.69 Å². The van der Waals surface area contributed by atoms with Crippen molar-refractivity contribution < 1.29 is 14.5 Å². The summed E-state index contributed by atoms with van der Waals surface area (Å²) < 4.78 is 5.56. The zero-order valence-corrected chi connectivity index (χ0v) is 14.4. The molecule has 0 aliphatic heterocycles. The number of esters is 1. The molecule has 1 saturated carbocycles. The van der Waals surface area contributed by atoms with Crippen LogP contribution in [0, 0.1) is 10.1 Å². The number of nitrogens with zero attached hydrogens (tertiary/aromatic N) is 1. The lowest BCUT2D eigenvalue weighted by atomic mass is 9.79. The van der Waals surface area contributed by atoms with Gasteiger partial charge in [0.05, 0.1) is 10.3 Å². The quantitative estimate of drug-likeness (QED) is 0.436. The molecule has 2 aromatic rings. The summed E-state index contributed by atoms with van der Waals surface area (Å²) in [6, 6.07) is 13.4. The summed E-state index contributed by atoms with van der Waals surface area (Å²) in [5.41, 5.74) is 1.06. The van der Waals surface area contributed by atoms with Crippen LogP contribution in [0.3, 0.4) is 0 Å². The number of rotatable bonds is 5. The molecule has 0 spiro atoms. The van der Waals surface area contributed by atoms with Crippen molar-refractivity contribution in [3.63, 3.8) is 0 Å². The number of carbonyl (C=O) groups excluding carboxylic acids is 1. The minimum Gasteiger partial charge on any atom is -0.460 e. The van der Waals surface area contributed by atoms with Gasteiger partial charge in [0, 0.05) is 17.2 Å². The Morgan fingerprint density at radius 3 is 2.24 bits per heavy atom. The lowest BCUT2D eigenvalue weighted by Gasteiger charge is -2.27. The summed E-state index contributed by atoms with van der Waals surface area (Å²) in [5, 5.41) is 11.3. The number of ether oxygens (including phenoxy) is 1. The van der Waals surface area contributed by atoms with Crippen LogP contribution >= 0.6 is 11.6 Å². The van der Waals surface area contributed by atoms with Gasteiger partial charge in [-0.2, -0.15) is 0 Å². The van der Waals surface area contributed by atoms with Gasteiger partial charge in [0.15, 0.2) is 0 Å². The maximum absolute atomic E-state index is 12.8. The van der Waals surface area contributed by atoms with E-state index >= 15 is 0 Å². The largest absolute Gasteiger partial charge is 0.460 e. The first kappa shape index (κ1) is 17.4. The van der Waals surface area contributed by atoms with Gasteiger partial charge in [-0.1, -0.05) is 36.6 Å². The Morgan fingerprint density at radius 1 is 1.08 bits per heavy atom. The second-order valence-electron chi connectivity index (χ2n) is 6.30. The summed E-state index contributed by atoms with van der Waals surface area (Å²) >= 11 is 5.96. The van der Waals surface area contributed by atoms with Crippen LogP contribution in [0.5, 0.6) is 0 Å². The number of carbonyl (C=O) groups is 1. The SMILES string of the molecule is O=C(OCc1ccc([N+](=O)[O-])cc1)C1(c2ccc(Cl)cc2)CCCC1. The van der Waals surface area contributed by atoms with E-state index in [-0.39, 0.29) is 18.3 Å². The second-order valence-corrected chi connectivity index (χ2v) is 6.73. The van der Waals surface area contributed by atoms with Crippen LogP contribution in [0.1, 0.15) is 36.8 Å². The summed E-state index contributed by atoms with van der Waals surface area (Å²) in [6.45, 7) is 0.103. The van der Waals surface area contributed by atoms with Gasteiger partial charge in [-0.05, 0) is 48.2 Å². The molecule has 1 fully saturated rings. The molecule has 2 aromatic carbocycles. The Morgan fingerprint density at radius 2 is 1.68 bits per heavy atom. The Labute approximate surface area is 150 Å². The molecule has 0 amide bonds. The predicted octanol–water partition coefficient (Wildman–Crippen LogP) is 4.80. The predicted molar refractivity (Wildman–Crippen MR) is 94.5 cm³/mol. The Bertz CT molecular complexity index is 765. The van der Waals surface area contributed by atoms with E-state index in [0.29, 0.717) is 5.02 Å². The zero-order chi connectivity index (χ0) is 17.9. The molecule has 0 bridgehead atoms. The Kier molecular flexibility index (Phi) is 5.04. The monoisotopic (exact) mass is 359 g/mol. The highest BCUT2D eigenvalue weighted by molar-refractivity contribution is 6.30. The van der Waals surface area contributed by atoms with Crippen molar-refractivity contribution in [2.45, 2.75) is 37.7 Å². The number of non-ortho nitro benzene ring substituents is 1. The summed E-state index contributed by atoms with van der Waals surface area (Å²) in [7, 11) is 0. The fraction of sp³-hybridized carbons (Fsp3) is 0.316. The maximum Gasteiger partial charge on any atom is 0.316 e. The van der Waals surface area contributed by atoms with Crippen molar-refractivity contribution in [1.82, 2.24) is 0 Å². The third-order valence-corrected chi connectivity index (χ3v) is 5.01. The van der Waals surface area contributed by atoms with Gasteiger partial charge in [-0.25, -0.2) is 0 Å². The average Bonchev–Trinajstić information content (AvgIpc) is 3.11. The molecule has 0 saturated heterocycles. The maximum atomic E-state index is 12.8. The van der Waals surface area contributed by atoms with Crippen LogP contribution in [0.2, 0.25) is 5.02 Å². The van der Waals surface area contributed by atoms with Crippen LogP contribution in [0.4, 0.5) is 5.69 Å². The molecule has 1 aliphatic rings. The van der Waals surface area contributed by atoms with Gasteiger partial charge >= 0.3 is 5.97 Å². The number of hydrogen-bond acceptors (Lipinski definition) is 4. The first-order valence-electron chi connectivity index (χ1n) is 8.18. The number of hydrogen-bond donors (Lipinski definition) is 0. The number of nitro benzene ring substituents is 1. The molecule has 130 valence electrons. The average molecular weight is 360 g/mol. The van der Waals surface area contributed by atoms with Crippen LogP contribution in [0.15, 0.2) is 48.5 Å². The molecule has 0 heterocycles. The topological polar surface area (TPSA) is 69.4 Å². The molecular formula is C19H18ClNO4. The molecule has 1 aliphatic carbocycles.